The fourth-order valence-electron chi connectivity index (χ4n) is 1.10. The van der Waals surface area contributed by atoms with Gasteiger partial charge in [0.1, 0.15) is 6.04 Å². The van der Waals surface area contributed by atoms with E-state index in [0.717, 1.165) is 0 Å². The first-order chi connectivity index (χ1) is 7.19. The van der Waals surface area contributed by atoms with Crippen molar-refractivity contribution in [3.63, 3.8) is 0 Å². The molecular weight excluding hydrogens is 216 g/mol. The molecule has 0 aliphatic rings. The molecule has 0 aliphatic carbocycles. The van der Waals surface area contributed by atoms with E-state index in [9.17, 15) is 4.79 Å². The highest BCUT2D eigenvalue weighted by Crippen LogP contribution is 2.20. The largest absolute Gasteiger partial charge is 0.359 e. The van der Waals surface area contributed by atoms with Gasteiger partial charge in [0.05, 0.1) is 0 Å². The molecule has 1 aromatic rings. The van der Waals surface area contributed by atoms with E-state index >= 15 is 0 Å². The Kier molecular flexibility index (Phi) is 3.97. The predicted octanol–water partition coefficient (Wildman–Crippen LogP) is 2.44. The van der Waals surface area contributed by atoms with Crippen LogP contribution >= 0.6 is 11.6 Å². The van der Waals surface area contributed by atoms with Crippen LogP contribution in [-0.2, 0) is 4.79 Å². The zero-order valence-corrected chi connectivity index (χ0v) is 8.77. The van der Waals surface area contributed by atoms with Gasteiger partial charge in [-0.3, -0.25) is 4.79 Å². The van der Waals surface area contributed by atoms with E-state index in [0.29, 0.717) is 10.6 Å². The van der Waals surface area contributed by atoms with Crippen molar-refractivity contribution < 1.29 is 4.79 Å². The number of rotatable bonds is 3. The molecule has 0 aliphatic heterocycles. The van der Waals surface area contributed by atoms with Gasteiger partial charge in [-0.1, -0.05) is 28.8 Å². The number of carbonyl (C=O) groups is 1. The van der Waals surface area contributed by atoms with Gasteiger partial charge in [0.2, 0.25) is 5.91 Å². The molecule has 1 N–H and O–H groups in total. The minimum atomic E-state index is -0.850. The van der Waals surface area contributed by atoms with Gasteiger partial charge in [-0.2, -0.15) is 0 Å². The van der Waals surface area contributed by atoms with Gasteiger partial charge in [0.15, 0.2) is 0 Å². The highest BCUT2D eigenvalue weighted by Gasteiger charge is 2.17. The number of amides is 1. The number of hydrogen-bond donors (Lipinski definition) is 1. The van der Waals surface area contributed by atoms with Crippen LogP contribution in [0.25, 0.3) is 10.4 Å². The average Bonchev–Trinajstić information content (AvgIpc) is 2.26. The van der Waals surface area contributed by atoms with Crippen LogP contribution in [-0.4, -0.2) is 13.0 Å². The SMILES string of the molecule is CNC(=O)C(N=[N+]=[N-])c1ccc(Cl)cc1. The Balaban J connectivity index is 3.04. The number of nitrogens with zero attached hydrogens (tertiary/aromatic N) is 3. The van der Waals surface area contributed by atoms with Gasteiger partial charge >= 0.3 is 0 Å². The molecule has 1 aromatic carbocycles. The second kappa shape index (κ2) is 5.24. The summed E-state index contributed by atoms with van der Waals surface area (Å²) in [5.74, 6) is -0.352. The van der Waals surface area contributed by atoms with E-state index < -0.39 is 6.04 Å². The van der Waals surface area contributed by atoms with E-state index in [1.807, 2.05) is 0 Å². The molecular formula is C9H9ClN4O. The lowest BCUT2D eigenvalue weighted by Gasteiger charge is -2.09. The number of hydrogen-bond acceptors (Lipinski definition) is 2. The Labute approximate surface area is 91.7 Å². The normalized spacial score (nSPS) is 11.3. The highest BCUT2D eigenvalue weighted by atomic mass is 35.5. The maximum Gasteiger partial charge on any atom is 0.233 e. The smallest absolute Gasteiger partial charge is 0.233 e. The third-order valence-electron chi connectivity index (χ3n) is 1.85. The van der Waals surface area contributed by atoms with E-state index in [1.165, 1.54) is 7.05 Å². The van der Waals surface area contributed by atoms with E-state index in [-0.39, 0.29) is 5.91 Å². The fourth-order valence-corrected chi connectivity index (χ4v) is 1.23. The van der Waals surface area contributed by atoms with E-state index in [2.05, 4.69) is 15.3 Å². The summed E-state index contributed by atoms with van der Waals surface area (Å²) >= 11 is 5.70. The number of nitrogens with one attached hydrogen (secondary N) is 1. The van der Waals surface area contributed by atoms with Gasteiger partial charge in [0.25, 0.3) is 0 Å². The molecule has 0 heterocycles. The lowest BCUT2D eigenvalue weighted by atomic mass is 10.1. The maximum absolute atomic E-state index is 11.4. The number of halogens is 1. The molecule has 1 amide bonds. The monoisotopic (exact) mass is 224 g/mol. The summed E-state index contributed by atoms with van der Waals surface area (Å²) < 4.78 is 0. The summed E-state index contributed by atoms with van der Waals surface area (Å²) in [4.78, 5) is 14.0. The van der Waals surface area contributed by atoms with Crippen molar-refractivity contribution in [3.05, 3.63) is 45.3 Å². The Morgan fingerprint density at radius 2 is 2.13 bits per heavy atom. The topological polar surface area (TPSA) is 77.9 Å². The third-order valence-corrected chi connectivity index (χ3v) is 2.10. The minimum Gasteiger partial charge on any atom is -0.359 e. The molecule has 78 valence electrons. The standard InChI is InChI=1S/C9H9ClN4O/c1-12-9(15)8(13-14-11)6-2-4-7(10)5-3-6/h2-5,8H,1H3,(H,12,15). The number of benzene rings is 1. The van der Waals surface area contributed by atoms with Gasteiger partial charge in [0, 0.05) is 17.0 Å². The fraction of sp³-hybridized carbons (Fsp3) is 0.222. The summed E-state index contributed by atoms with van der Waals surface area (Å²) in [7, 11) is 1.48. The second-order valence-corrected chi connectivity index (χ2v) is 3.21. The Bertz CT molecular complexity index is 397. The zero-order valence-electron chi connectivity index (χ0n) is 8.01. The van der Waals surface area contributed by atoms with Crippen LogP contribution in [0.5, 0.6) is 0 Å². The maximum atomic E-state index is 11.4. The van der Waals surface area contributed by atoms with Crippen molar-refractivity contribution in [2.24, 2.45) is 5.11 Å². The van der Waals surface area contributed by atoms with Crippen molar-refractivity contribution in [1.29, 1.82) is 0 Å². The number of carbonyl (C=O) groups excluding carboxylic acids is 1. The molecule has 0 aromatic heterocycles. The van der Waals surface area contributed by atoms with Crippen LogP contribution in [0.2, 0.25) is 5.02 Å². The van der Waals surface area contributed by atoms with Crippen molar-refractivity contribution in [2.45, 2.75) is 6.04 Å². The molecule has 1 atom stereocenters. The molecule has 0 saturated heterocycles. The number of azide groups is 1. The summed E-state index contributed by atoms with van der Waals surface area (Å²) in [6.07, 6.45) is 0. The average molecular weight is 225 g/mol. The van der Waals surface area contributed by atoms with Crippen LogP contribution in [0, 0.1) is 0 Å². The van der Waals surface area contributed by atoms with E-state index in [4.69, 9.17) is 17.1 Å². The molecule has 0 saturated carbocycles. The van der Waals surface area contributed by atoms with Crippen LogP contribution in [0.3, 0.4) is 0 Å². The molecule has 1 unspecified atom stereocenters. The zero-order chi connectivity index (χ0) is 11.3. The van der Waals surface area contributed by atoms with Crippen LogP contribution in [0.1, 0.15) is 11.6 Å². The first-order valence-electron chi connectivity index (χ1n) is 4.20. The molecule has 1 rings (SSSR count). The van der Waals surface area contributed by atoms with Crippen LogP contribution in [0.4, 0.5) is 0 Å². The molecule has 15 heavy (non-hydrogen) atoms. The molecule has 6 heteroatoms. The lowest BCUT2D eigenvalue weighted by molar-refractivity contribution is -0.121. The van der Waals surface area contributed by atoms with Crippen molar-refractivity contribution >= 4 is 17.5 Å². The first-order valence-corrected chi connectivity index (χ1v) is 4.58. The molecule has 0 radical (unpaired) electrons. The Morgan fingerprint density at radius 1 is 1.53 bits per heavy atom. The van der Waals surface area contributed by atoms with Crippen molar-refractivity contribution in [3.8, 4) is 0 Å². The van der Waals surface area contributed by atoms with E-state index in [1.54, 1.807) is 24.3 Å². The van der Waals surface area contributed by atoms with Crippen LogP contribution < -0.4 is 5.32 Å². The first kappa shape index (κ1) is 11.4. The van der Waals surface area contributed by atoms with Crippen molar-refractivity contribution in [1.82, 2.24) is 5.32 Å². The summed E-state index contributed by atoms with van der Waals surface area (Å²) in [6.45, 7) is 0. The third kappa shape index (κ3) is 2.87. The Morgan fingerprint density at radius 3 is 2.60 bits per heavy atom. The van der Waals surface area contributed by atoms with Gasteiger partial charge in [-0.15, -0.1) is 0 Å². The number of likely N-dealkylation sites (N-methyl/N-ethyl adjacent to an activating group) is 1. The molecule has 0 spiro atoms. The highest BCUT2D eigenvalue weighted by molar-refractivity contribution is 6.30. The summed E-state index contributed by atoms with van der Waals surface area (Å²) in [5.41, 5.74) is 8.96. The quantitative estimate of drug-likeness (QED) is 0.478. The Hall–Kier alpha value is -1.71. The summed E-state index contributed by atoms with van der Waals surface area (Å²) in [6, 6.07) is 5.73. The van der Waals surface area contributed by atoms with Crippen LogP contribution in [0.15, 0.2) is 29.4 Å². The molecule has 0 bridgehead atoms. The van der Waals surface area contributed by atoms with Gasteiger partial charge in [-0.25, -0.2) is 0 Å². The van der Waals surface area contributed by atoms with Gasteiger partial charge < -0.3 is 5.32 Å². The van der Waals surface area contributed by atoms with Gasteiger partial charge in [-0.05, 0) is 23.2 Å². The predicted molar refractivity (Wildman–Crippen MR) is 57.4 cm³/mol. The molecule has 5 nitrogen and oxygen atoms in total. The molecule has 0 fully saturated rings. The van der Waals surface area contributed by atoms with Crippen molar-refractivity contribution in [2.75, 3.05) is 7.05 Å². The summed E-state index contributed by atoms with van der Waals surface area (Å²) in [5, 5.41) is 6.41. The second-order valence-electron chi connectivity index (χ2n) is 2.77. The minimum absolute atomic E-state index is 0.352. The lowest BCUT2D eigenvalue weighted by Crippen LogP contribution is -2.24.